The SMILES string of the molecule is CCNC1CCN(CC(C)N(C)C2CC2)C1=O. The quantitative estimate of drug-likeness (QED) is 0.740. The van der Waals surface area contributed by atoms with E-state index < -0.39 is 0 Å². The highest BCUT2D eigenvalue weighted by Crippen LogP contribution is 2.27. The van der Waals surface area contributed by atoms with Gasteiger partial charge in [-0.05, 0) is 39.8 Å². The van der Waals surface area contributed by atoms with Crippen LogP contribution in [0.15, 0.2) is 0 Å². The van der Waals surface area contributed by atoms with Gasteiger partial charge in [0.2, 0.25) is 5.91 Å². The predicted molar refractivity (Wildman–Crippen MR) is 68.9 cm³/mol. The van der Waals surface area contributed by atoms with Crippen molar-refractivity contribution in [1.82, 2.24) is 15.1 Å². The number of nitrogens with one attached hydrogen (secondary N) is 1. The molecule has 2 fully saturated rings. The van der Waals surface area contributed by atoms with Gasteiger partial charge in [0.25, 0.3) is 0 Å². The van der Waals surface area contributed by atoms with E-state index in [2.05, 4.69) is 31.1 Å². The van der Waals surface area contributed by atoms with Crippen LogP contribution in [-0.2, 0) is 4.79 Å². The number of hydrogen-bond acceptors (Lipinski definition) is 3. The summed E-state index contributed by atoms with van der Waals surface area (Å²) in [7, 11) is 2.19. The summed E-state index contributed by atoms with van der Waals surface area (Å²) < 4.78 is 0. The standard InChI is InChI=1S/C13H25N3O/c1-4-14-12-7-8-16(13(12)17)9-10(2)15(3)11-5-6-11/h10-12,14H,4-9H2,1-3H3. The second-order valence-electron chi connectivity index (χ2n) is 5.43. The van der Waals surface area contributed by atoms with Crippen LogP contribution in [0.3, 0.4) is 0 Å². The zero-order chi connectivity index (χ0) is 12.4. The summed E-state index contributed by atoms with van der Waals surface area (Å²) in [4.78, 5) is 16.5. The van der Waals surface area contributed by atoms with Crippen molar-refractivity contribution >= 4 is 5.91 Å². The zero-order valence-corrected chi connectivity index (χ0v) is 11.3. The van der Waals surface area contributed by atoms with Crippen LogP contribution in [0.2, 0.25) is 0 Å². The van der Waals surface area contributed by atoms with E-state index in [4.69, 9.17) is 0 Å². The first-order valence-corrected chi connectivity index (χ1v) is 6.87. The summed E-state index contributed by atoms with van der Waals surface area (Å²) in [5.41, 5.74) is 0. The van der Waals surface area contributed by atoms with Crippen LogP contribution in [-0.4, -0.2) is 60.5 Å². The molecule has 4 heteroatoms. The van der Waals surface area contributed by atoms with Crippen LogP contribution in [0.5, 0.6) is 0 Å². The van der Waals surface area contributed by atoms with Gasteiger partial charge in [0, 0.05) is 25.2 Å². The number of nitrogens with zero attached hydrogens (tertiary/aromatic N) is 2. The second-order valence-corrected chi connectivity index (χ2v) is 5.43. The first-order chi connectivity index (χ1) is 8.13. The topological polar surface area (TPSA) is 35.6 Å². The highest BCUT2D eigenvalue weighted by molar-refractivity contribution is 5.84. The molecular weight excluding hydrogens is 214 g/mol. The summed E-state index contributed by atoms with van der Waals surface area (Å²) in [5.74, 6) is 0.294. The van der Waals surface area contributed by atoms with Gasteiger partial charge in [0.1, 0.15) is 0 Å². The molecule has 2 aliphatic rings. The lowest BCUT2D eigenvalue weighted by Crippen LogP contribution is -2.44. The van der Waals surface area contributed by atoms with Crippen molar-refractivity contribution in [2.75, 3.05) is 26.7 Å². The lowest BCUT2D eigenvalue weighted by molar-refractivity contribution is -0.130. The van der Waals surface area contributed by atoms with Gasteiger partial charge >= 0.3 is 0 Å². The molecule has 17 heavy (non-hydrogen) atoms. The van der Waals surface area contributed by atoms with Crippen LogP contribution in [0, 0.1) is 0 Å². The van der Waals surface area contributed by atoms with Crippen molar-refractivity contribution in [3.8, 4) is 0 Å². The molecule has 1 saturated carbocycles. The minimum Gasteiger partial charge on any atom is -0.340 e. The Morgan fingerprint density at radius 3 is 2.76 bits per heavy atom. The van der Waals surface area contributed by atoms with Gasteiger partial charge in [-0.25, -0.2) is 0 Å². The molecule has 1 saturated heterocycles. The summed E-state index contributed by atoms with van der Waals surface area (Å²) in [5, 5.41) is 3.26. The molecule has 2 atom stereocenters. The molecule has 0 radical (unpaired) electrons. The summed E-state index contributed by atoms with van der Waals surface area (Å²) in [6, 6.07) is 1.32. The maximum Gasteiger partial charge on any atom is 0.239 e. The second kappa shape index (κ2) is 5.36. The van der Waals surface area contributed by atoms with E-state index in [9.17, 15) is 4.79 Å². The number of likely N-dealkylation sites (N-methyl/N-ethyl adjacent to an activating group) is 2. The monoisotopic (exact) mass is 239 g/mol. The van der Waals surface area contributed by atoms with Gasteiger partial charge < -0.3 is 10.2 Å². The fourth-order valence-corrected chi connectivity index (χ4v) is 2.65. The van der Waals surface area contributed by atoms with Gasteiger partial charge in [-0.3, -0.25) is 9.69 Å². The number of carbonyl (C=O) groups excluding carboxylic acids is 1. The van der Waals surface area contributed by atoms with Gasteiger partial charge in [-0.1, -0.05) is 6.92 Å². The lowest BCUT2D eigenvalue weighted by atomic mass is 10.2. The first-order valence-electron chi connectivity index (χ1n) is 6.87. The predicted octanol–water partition coefficient (Wildman–Crippen LogP) is 0.680. The Morgan fingerprint density at radius 2 is 2.18 bits per heavy atom. The number of rotatable bonds is 6. The summed E-state index contributed by atoms with van der Waals surface area (Å²) in [6.07, 6.45) is 3.62. The van der Waals surface area contributed by atoms with Crippen molar-refractivity contribution in [3.05, 3.63) is 0 Å². The van der Waals surface area contributed by atoms with Crippen molar-refractivity contribution in [2.24, 2.45) is 0 Å². The first kappa shape index (κ1) is 12.8. The molecule has 1 aliphatic carbocycles. The third-order valence-corrected chi connectivity index (χ3v) is 4.05. The lowest BCUT2D eigenvalue weighted by Gasteiger charge is -2.29. The number of likely N-dealkylation sites (tertiary alicyclic amines) is 1. The highest BCUT2D eigenvalue weighted by atomic mass is 16.2. The van der Waals surface area contributed by atoms with Gasteiger partial charge in [0.15, 0.2) is 0 Å². The van der Waals surface area contributed by atoms with Crippen LogP contribution >= 0.6 is 0 Å². The Balaban J connectivity index is 1.80. The van der Waals surface area contributed by atoms with E-state index in [1.807, 2.05) is 4.90 Å². The van der Waals surface area contributed by atoms with E-state index in [1.165, 1.54) is 12.8 Å². The van der Waals surface area contributed by atoms with E-state index >= 15 is 0 Å². The average molecular weight is 239 g/mol. The molecule has 1 aliphatic heterocycles. The Morgan fingerprint density at radius 1 is 1.47 bits per heavy atom. The van der Waals surface area contributed by atoms with Crippen LogP contribution in [0.25, 0.3) is 0 Å². The molecule has 1 heterocycles. The molecule has 0 aromatic carbocycles. The fourth-order valence-electron chi connectivity index (χ4n) is 2.65. The molecule has 4 nitrogen and oxygen atoms in total. The normalized spacial score (nSPS) is 26.9. The molecular formula is C13H25N3O. The van der Waals surface area contributed by atoms with Crippen molar-refractivity contribution in [3.63, 3.8) is 0 Å². The highest BCUT2D eigenvalue weighted by Gasteiger charge is 2.34. The number of carbonyl (C=O) groups is 1. The van der Waals surface area contributed by atoms with E-state index in [-0.39, 0.29) is 6.04 Å². The van der Waals surface area contributed by atoms with E-state index in [0.717, 1.165) is 32.1 Å². The van der Waals surface area contributed by atoms with Crippen molar-refractivity contribution < 1.29 is 4.79 Å². The molecule has 0 aromatic heterocycles. The fraction of sp³-hybridized carbons (Fsp3) is 0.923. The Labute approximate surface area is 104 Å². The molecule has 1 amide bonds. The smallest absolute Gasteiger partial charge is 0.239 e. The van der Waals surface area contributed by atoms with Gasteiger partial charge in [-0.2, -0.15) is 0 Å². The third kappa shape index (κ3) is 2.99. The number of amides is 1. The Kier molecular flexibility index (Phi) is 4.05. The Hall–Kier alpha value is -0.610. The molecule has 2 rings (SSSR count). The van der Waals surface area contributed by atoms with Crippen molar-refractivity contribution in [2.45, 2.75) is 51.2 Å². The Bertz CT molecular complexity index is 278. The van der Waals surface area contributed by atoms with Crippen LogP contribution < -0.4 is 5.32 Å². The maximum atomic E-state index is 12.1. The van der Waals surface area contributed by atoms with Gasteiger partial charge in [0.05, 0.1) is 6.04 Å². The molecule has 98 valence electrons. The van der Waals surface area contributed by atoms with E-state index in [1.54, 1.807) is 0 Å². The molecule has 2 unspecified atom stereocenters. The molecule has 0 aromatic rings. The van der Waals surface area contributed by atoms with E-state index in [0.29, 0.717) is 11.9 Å². The molecule has 0 bridgehead atoms. The summed E-state index contributed by atoms with van der Waals surface area (Å²) in [6.45, 7) is 6.96. The largest absolute Gasteiger partial charge is 0.340 e. The number of hydrogen-bond donors (Lipinski definition) is 1. The van der Waals surface area contributed by atoms with Crippen molar-refractivity contribution in [1.29, 1.82) is 0 Å². The zero-order valence-electron chi connectivity index (χ0n) is 11.3. The average Bonchev–Trinajstić information content (AvgIpc) is 3.10. The third-order valence-electron chi connectivity index (χ3n) is 4.05. The van der Waals surface area contributed by atoms with Gasteiger partial charge in [-0.15, -0.1) is 0 Å². The summed E-state index contributed by atoms with van der Waals surface area (Å²) >= 11 is 0. The maximum absolute atomic E-state index is 12.1. The van der Waals surface area contributed by atoms with Crippen LogP contribution in [0.1, 0.15) is 33.1 Å². The van der Waals surface area contributed by atoms with Crippen LogP contribution in [0.4, 0.5) is 0 Å². The molecule has 1 N–H and O–H groups in total. The minimum absolute atomic E-state index is 0.0680. The molecule has 0 spiro atoms. The minimum atomic E-state index is 0.0680.